The van der Waals surface area contributed by atoms with Crippen LogP contribution in [-0.4, -0.2) is 7.05 Å². The smallest absolute Gasteiger partial charge is 0.163 e. The molecule has 1 aromatic heterocycles. The largest absolute Gasteiger partial charge is 0.309 e. The molecule has 0 aliphatic rings. The molecule has 96 valence electrons. The fourth-order valence-electron chi connectivity index (χ4n) is 1.87. The fraction of sp³-hybridized carbons (Fsp3) is 0.231. The SMILES string of the molecule is CNC(c1cccc(F)c1F)c1sc(C)cc1Br. The van der Waals surface area contributed by atoms with Crippen LogP contribution in [0.3, 0.4) is 0 Å². The van der Waals surface area contributed by atoms with Gasteiger partial charge in [-0.3, -0.25) is 0 Å². The number of hydrogen-bond acceptors (Lipinski definition) is 2. The highest BCUT2D eigenvalue weighted by Crippen LogP contribution is 2.36. The average molecular weight is 332 g/mol. The second kappa shape index (κ2) is 5.47. The lowest BCUT2D eigenvalue weighted by Gasteiger charge is -2.16. The molecule has 2 aromatic rings. The van der Waals surface area contributed by atoms with Crippen LogP contribution in [0, 0.1) is 18.6 Å². The standard InChI is InChI=1S/C13H12BrF2NS/c1-7-6-9(14)13(18-7)12(17-2)8-4-3-5-10(15)11(8)16/h3-6,12,17H,1-2H3. The van der Waals surface area contributed by atoms with Crippen LogP contribution in [0.5, 0.6) is 0 Å². The Kier molecular flexibility index (Phi) is 4.14. The first kappa shape index (κ1) is 13.6. The number of halogens is 3. The molecule has 0 saturated heterocycles. The molecule has 0 spiro atoms. The zero-order chi connectivity index (χ0) is 13.3. The summed E-state index contributed by atoms with van der Waals surface area (Å²) in [5.41, 5.74) is 0.319. The highest BCUT2D eigenvalue weighted by atomic mass is 79.9. The third-order valence-electron chi connectivity index (χ3n) is 2.68. The lowest BCUT2D eigenvalue weighted by Crippen LogP contribution is -2.18. The zero-order valence-electron chi connectivity index (χ0n) is 9.93. The first-order valence-electron chi connectivity index (χ1n) is 5.41. The van der Waals surface area contributed by atoms with E-state index in [1.807, 2.05) is 13.0 Å². The van der Waals surface area contributed by atoms with Crippen molar-refractivity contribution in [3.63, 3.8) is 0 Å². The zero-order valence-corrected chi connectivity index (χ0v) is 12.3. The first-order valence-corrected chi connectivity index (χ1v) is 7.02. The highest BCUT2D eigenvalue weighted by molar-refractivity contribution is 9.10. The molecule has 0 saturated carbocycles. The van der Waals surface area contributed by atoms with Crippen LogP contribution in [0.25, 0.3) is 0 Å². The van der Waals surface area contributed by atoms with Gasteiger partial charge in [0.1, 0.15) is 0 Å². The van der Waals surface area contributed by atoms with Gasteiger partial charge in [-0.2, -0.15) is 0 Å². The van der Waals surface area contributed by atoms with E-state index in [0.29, 0.717) is 5.56 Å². The summed E-state index contributed by atoms with van der Waals surface area (Å²) in [6, 6.07) is 5.86. The Morgan fingerprint density at radius 2 is 2.06 bits per heavy atom. The molecule has 18 heavy (non-hydrogen) atoms. The van der Waals surface area contributed by atoms with Gasteiger partial charge in [0.2, 0.25) is 0 Å². The Morgan fingerprint density at radius 3 is 2.61 bits per heavy atom. The van der Waals surface area contributed by atoms with E-state index in [9.17, 15) is 8.78 Å². The molecule has 1 aromatic carbocycles. The maximum absolute atomic E-state index is 13.8. The van der Waals surface area contributed by atoms with E-state index in [1.165, 1.54) is 6.07 Å². The summed E-state index contributed by atoms with van der Waals surface area (Å²) in [6.45, 7) is 1.98. The molecule has 0 aliphatic carbocycles. The number of rotatable bonds is 3. The molecule has 5 heteroatoms. The molecular formula is C13H12BrF2NS. The van der Waals surface area contributed by atoms with Crippen molar-refractivity contribution >= 4 is 27.3 Å². The molecule has 0 radical (unpaired) electrons. The maximum atomic E-state index is 13.8. The number of aryl methyl sites for hydroxylation is 1. The van der Waals surface area contributed by atoms with Gasteiger partial charge in [0.05, 0.1) is 6.04 Å². The lowest BCUT2D eigenvalue weighted by atomic mass is 10.0. The third-order valence-corrected chi connectivity index (χ3v) is 4.71. The van der Waals surface area contributed by atoms with Crippen molar-refractivity contribution in [2.75, 3.05) is 7.05 Å². The Balaban J connectivity index is 2.52. The summed E-state index contributed by atoms with van der Waals surface area (Å²) >= 11 is 5.01. The normalized spacial score (nSPS) is 12.7. The minimum Gasteiger partial charge on any atom is -0.309 e. The molecule has 0 amide bonds. The Bertz CT molecular complexity index is 568. The van der Waals surface area contributed by atoms with Crippen LogP contribution in [0.1, 0.15) is 21.4 Å². The van der Waals surface area contributed by atoms with E-state index >= 15 is 0 Å². The lowest BCUT2D eigenvalue weighted by molar-refractivity contribution is 0.488. The van der Waals surface area contributed by atoms with Crippen molar-refractivity contribution in [3.05, 3.63) is 55.7 Å². The van der Waals surface area contributed by atoms with Gasteiger partial charge < -0.3 is 5.32 Å². The molecule has 1 N–H and O–H groups in total. The predicted octanol–water partition coefficient (Wildman–Crippen LogP) is 4.41. The Morgan fingerprint density at radius 1 is 1.33 bits per heavy atom. The van der Waals surface area contributed by atoms with Gasteiger partial charge in [-0.05, 0) is 42.0 Å². The van der Waals surface area contributed by atoms with Crippen LogP contribution in [0.15, 0.2) is 28.7 Å². The molecule has 1 atom stereocenters. The number of benzene rings is 1. The third kappa shape index (κ3) is 2.48. The minimum absolute atomic E-state index is 0.319. The van der Waals surface area contributed by atoms with Crippen LogP contribution >= 0.6 is 27.3 Å². The molecule has 0 aliphatic heterocycles. The maximum Gasteiger partial charge on any atom is 0.163 e. The molecule has 1 nitrogen and oxygen atoms in total. The minimum atomic E-state index is -0.822. The molecule has 0 fully saturated rings. The van der Waals surface area contributed by atoms with Crippen molar-refractivity contribution in [2.45, 2.75) is 13.0 Å². The Hall–Kier alpha value is -0.780. The van der Waals surface area contributed by atoms with Crippen LogP contribution < -0.4 is 5.32 Å². The first-order chi connectivity index (χ1) is 8.54. The summed E-state index contributed by atoms with van der Waals surface area (Å²) in [7, 11) is 1.73. The summed E-state index contributed by atoms with van der Waals surface area (Å²) in [5, 5.41) is 3.03. The van der Waals surface area contributed by atoms with E-state index in [2.05, 4.69) is 21.2 Å². The summed E-state index contributed by atoms with van der Waals surface area (Å²) in [6.07, 6.45) is 0. The topological polar surface area (TPSA) is 12.0 Å². The molecular weight excluding hydrogens is 320 g/mol. The van der Waals surface area contributed by atoms with Gasteiger partial charge in [-0.1, -0.05) is 12.1 Å². The van der Waals surface area contributed by atoms with E-state index in [1.54, 1.807) is 24.5 Å². The monoisotopic (exact) mass is 331 g/mol. The average Bonchev–Trinajstić information content (AvgIpc) is 2.65. The highest BCUT2D eigenvalue weighted by Gasteiger charge is 2.22. The van der Waals surface area contributed by atoms with E-state index in [-0.39, 0.29) is 6.04 Å². The van der Waals surface area contributed by atoms with Gasteiger partial charge in [0, 0.05) is 19.8 Å². The van der Waals surface area contributed by atoms with Crippen LogP contribution in [0.2, 0.25) is 0 Å². The van der Waals surface area contributed by atoms with Crippen molar-refractivity contribution in [1.82, 2.24) is 5.32 Å². The quantitative estimate of drug-likeness (QED) is 0.878. The van der Waals surface area contributed by atoms with Crippen molar-refractivity contribution in [1.29, 1.82) is 0 Å². The Labute approximate surface area is 117 Å². The van der Waals surface area contributed by atoms with Gasteiger partial charge in [0.15, 0.2) is 11.6 Å². The summed E-state index contributed by atoms with van der Waals surface area (Å²) < 4.78 is 28.0. The summed E-state index contributed by atoms with van der Waals surface area (Å²) in [5.74, 6) is -1.62. The van der Waals surface area contributed by atoms with Crippen LogP contribution in [0.4, 0.5) is 8.78 Å². The molecule has 0 bridgehead atoms. The van der Waals surface area contributed by atoms with Crippen molar-refractivity contribution in [2.24, 2.45) is 0 Å². The molecule has 1 unspecified atom stereocenters. The molecule has 1 heterocycles. The fourth-order valence-corrected chi connectivity index (χ4v) is 3.88. The van der Waals surface area contributed by atoms with Crippen LogP contribution in [-0.2, 0) is 0 Å². The second-order valence-corrected chi connectivity index (χ2v) is 6.08. The summed E-state index contributed by atoms with van der Waals surface area (Å²) in [4.78, 5) is 2.06. The number of thiophene rings is 1. The van der Waals surface area contributed by atoms with E-state index < -0.39 is 11.6 Å². The number of hydrogen-bond donors (Lipinski definition) is 1. The van der Waals surface area contributed by atoms with Crippen molar-refractivity contribution in [3.8, 4) is 0 Å². The van der Waals surface area contributed by atoms with Gasteiger partial charge in [0.25, 0.3) is 0 Å². The second-order valence-electron chi connectivity index (χ2n) is 3.93. The van der Waals surface area contributed by atoms with Gasteiger partial charge >= 0.3 is 0 Å². The van der Waals surface area contributed by atoms with E-state index in [4.69, 9.17) is 0 Å². The molecule has 2 rings (SSSR count). The number of nitrogens with one attached hydrogen (secondary N) is 1. The van der Waals surface area contributed by atoms with Gasteiger partial charge in [-0.25, -0.2) is 8.78 Å². The van der Waals surface area contributed by atoms with E-state index in [0.717, 1.165) is 20.3 Å². The van der Waals surface area contributed by atoms with Crippen molar-refractivity contribution < 1.29 is 8.78 Å². The predicted molar refractivity (Wildman–Crippen MR) is 74.0 cm³/mol. The van der Waals surface area contributed by atoms with Gasteiger partial charge in [-0.15, -0.1) is 11.3 Å².